The SMILES string of the molecule is O=S(=O)(OP(C1CCCCC1)C1CCCCC1)c1ccccc1. The molecule has 2 aliphatic rings. The van der Waals surface area contributed by atoms with Gasteiger partial charge in [-0.15, -0.1) is 0 Å². The quantitative estimate of drug-likeness (QED) is 0.660. The van der Waals surface area contributed by atoms with E-state index >= 15 is 0 Å². The van der Waals surface area contributed by atoms with Gasteiger partial charge < -0.3 is 0 Å². The van der Waals surface area contributed by atoms with Gasteiger partial charge in [-0.25, -0.2) is 3.97 Å². The Hall–Kier alpha value is -0.440. The van der Waals surface area contributed by atoms with Crippen molar-refractivity contribution in [2.24, 2.45) is 0 Å². The summed E-state index contributed by atoms with van der Waals surface area (Å²) in [5, 5.41) is 0. The van der Waals surface area contributed by atoms with Gasteiger partial charge in [-0.05, 0) is 37.8 Å². The first-order valence-corrected chi connectivity index (χ1v) is 11.8. The molecule has 128 valence electrons. The Morgan fingerprint density at radius 2 is 1.26 bits per heavy atom. The summed E-state index contributed by atoms with van der Waals surface area (Å²) in [5.74, 6) is 0. The molecule has 0 atom stereocenters. The van der Waals surface area contributed by atoms with Crippen LogP contribution in [0.15, 0.2) is 35.2 Å². The van der Waals surface area contributed by atoms with Crippen molar-refractivity contribution in [2.75, 3.05) is 0 Å². The summed E-state index contributed by atoms with van der Waals surface area (Å²) in [7, 11) is -4.53. The van der Waals surface area contributed by atoms with Crippen LogP contribution in [0.1, 0.15) is 64.2 Å². The van der Waals surface area contributed by atoms with E-state index < -0.39 is 18.3 Å². The molecule has 3 nitrogen and oxygen atoms in total. The Kier molecular flexibility index (Phi) is 6.12. The van der Waals surface area contributed by atoms with Crippen molar-refractivity contribution < 1.29 is 12.4 Å². The molecule has 0 bridgehead atoms. The summed E-state index contributed by atoms with van der Waals surface area (Å²) < 4.78 is 31.4. The third-order valence-corrected chi connectivity index (χ3v) is 9.88. The molecule has 0 aliphatic heterocycles. The summed E-state index contributed by atoms with van der Waals surface area (Å²) >= 11 is 0. The van der Waals surface area contributed by atoms with Crippen molar-refractivity contribution in [1.29, 1.82) is 0 Å². The third kappa shape index (κ3) is 4.55. The van der Waals surface area contributed by atoms with E-state index in [4.69, 9.17) is 3.97 Å². The predicted octanol–water partition coefficient (Wildman–Crippen LogP) is 5.45. The van der Waals surface area contributed by atoms with Crippen LogP contribution in [-0.4, -0.2) is 19.7 Å². The van der Waals surface area contributed by atoms with E-state index in [1.165, 1.54) is 38.5 Å². The Morgan fingerprint density at radius 3 is 1.74 bits per heavy atom. The van der Waals surface area contributed by atoms with Gasteiger partial charge in [-0.3, -0.25) is 0 Å². The first-order chi connectivity index (χ1) is 11.2. The smallest absolute Gasteiger partial charge is 0.243 e. The molecule has 1 aromatic carbocycles. The molecule has 3 rings (SSSR count). The molecule has 5 heteroatoms. The van der Waals surface area contributed by atoms with E-state index in [9.17, 15) is 8.42 Å². The van der Waals surface area contributed by atoms with Crippen LogP contribution in [0.5, 0.6) is 0 Å². The highest BCUT2D eigenvalue weighted by atomic mass is 32.2. The lowest BCUT2D eigenvalue weighted by Crippen LogP contribution is -2.23. The van der Waals surface area contributed by atoms with E-state index in [-0.39, 0.29) is 0 Å². The van der Waals surface area contributed by atoms with Crippen LogP contribution >= 0.6 is 8.15 Å². The van der Waals surface area contributed by atoms with Crippen LogP contribution in [-0.2, 0) is 14.1 Å². The van der Waals surface area contributed by atoms with Crippen LogP contribution in [0.25, 0.3) is 0 Å². The van der Waals surface area contributed by atoms with E-state index in [1.54, 1.807) is 24.3 Å². The molecule has 0 radical (unpaired) electrons. The summed E-state index contributed by atoms with van der Waals surface area (Å²) in [6.45, 7) is 0. The second-order valence-corrected chi connectivity index (χ2v) is 10.9. The highest BCUT2D eigenvalue weighted by Gasteiger charge is 2.36. The first-order valence-electron chi connectivity index (χ1n) is 8.95. The average Bonchev–Trinajstić information content (AvgIpc) is 2.62. The monoisotopic (exact) mass is 354 g/mol. The molecule has 0 spiro atoms. The van der Waals surface area contributed by atoms with E-state index in [2.05, 4.69) is 0 Å². The summed E-state index contributed by atoms with van der Waals surface area (Å²) in [4.78, 5) is 0.305. The highest BCUT2D eigenvalue weighted by molar-refractivity contribution is 7.91. The van der Waals surface area contributed by atoms with Gasteiger partial charge in [0.05, 0.1) is 13.0 Å². The maximum Gasteiger partial charge on any atom is 0.299 e. The average molecular weight is 354 g/mol. The van der Waals surface area contributed by atoms with E-state index in [0.29, 0.717) is 16.2 Å². The molecule has 2 saturated carbocycles. The van der Waals surface area contributed by atoms with Crippen LogP contribution < -0.4 is 0 Å². The minimum absolute atomic E-state index is 0.305. The van der Waals surface area contributed by atoms with Crippen LogP contribution in [0.3, 0.4) is 0 Å². The Bertz CT molecular complexity index is 558. The zero-order valence-electron chi connectivity index (χ0n) is 13.7. The standard InChI is InChI=1S/C18H27O3PS/c19-23(20,18-14-8-3-9-15-18)21-22(16-10-4-1-5-11-16)17-12-6-2-7-13-17/h3,8-9,14-17H,1-2,4-7,10-13H2. The lowest BCUT2D eigenvalue weighted by Gasteiger charge is -2.36. The van der Waals surface area contributed by atoms with Crippen LogP contribution in [0.2, 0.25) is 0 Å². The van der Waals surface area contributed by atoms with Gasteiger partial charge >= 0.3 is 0 Å². The maximum atomic E-state index is 12.7. The van der Waals surface area contributed by atoms with Crippen molar-refractivity contribution in [3.63, 3.8) is 0 Å². The fourth-order valence-corrected chi connectivity index (χ4v) is 8.89. The van der Waals surface area contributed by atoms with Crippen molar-refractivity contribution in [3.8, 4) is 0 Å². The Morgan fingerprint density at radius 1 is 0.783 bits per heavy atom. The molecule has 0 aromatic heterocycles. The summed E-state index contributed by atoms with van der Waals surface area (Å²) in [6, 6.07) is 8.65. The zero-order chi connectivity index (χ0) is 16.1. The zero-order valence-corrected chi connectivity index (χ0v) is 15.4. The molecule has 0 heterocycles. The third-order valence-electron chi connectivity index (χ3n) is 5.09. The van der Waals surface area contributed by atoms with Crippen LogP contribution in [0, 0.1) is 0 Å². The Labute approximate surface area is 141 Å². The fourth-order valence-electron chi connectivity index (χ4n) is 3.83. The molecule has 1 aromatic rings. The topological polar surface area (TPSA) is 43.4 Å². The lowest BCUT2D eigenvalue weighted by atomic mass is 10.00. The molecular weight excluding hydrogens is 327 g/mol. The van der Waals surface area contributed by atoms with Crippen LogP contribution in [0.4, 0.5) is 0 Å². The fraction of sp³-hybridized carbons (Fsp3) is 0.667. The van der Waals surface area contributed by atoms with Gasteiger partial charge in [0, 0.05) is 11.3 Å². The molecule has 0 N–H and O–H groups in total. The van der Waals surface area contributed by atoms with E-state index in [0.717, 1.165) is 25.7 Å². The number of hydrogen-bond acceptors (Lipinski definition) is 3. The van der Waals surface area contributed by atoms with Crippen molar-refractivity contribution >= 4 is 18.3 Å². The second kappa shape index (κ2) is 8.09. The minimum Gasteiger partial charge on any atom is -0.243 e. The number of rotatable bonds is 5. The molecule has 0 unspecified atom stereocenters. The molecule has 2 aliphatic carbocycles. The normalized spacial score (nSPS) is 21.6. The molecule has 0 saturated heterocycles. The van der Waals surface area contributed by atoms with Gasteiger partial charge in [-0.1, -0.05) is 56.7 Å². The summed E-state index contributed by atoms with van der Waals surface area (Å²) in [5.41, 5.74) is 0.945. The first kappa shape index (κ1) is 17.4. The number of hydrogen-bond donors (Lipinski definition) is 0. The Balaban J connectivity index is 1.79. The van der Waals surface area contributed by atoms with Gasteiger partial charge in [-0.2, -0.15) is 8.42 Å². The molecular formula is C18H27O3PS. The largest absolute Gasteiger partial charge is 0.299 e. The number of benzene rings is 1. The van der Waals surface area contributed by atoms with E-state index in [1.807, 2.05) is 6.07 Å². The summed E-state index contributed by atoms with van der Waals surface area (Å²) in [6.07, 6.45) is 12.1. The van der Waals surface area contributed by atoms with Gasteiger partial charge in [0.1, 0.15) is 0 Å². The lowest BCUT2D eigenvalue weighted by molar-refractivity contribution is 0.441. The maximum absolute atomic E-state index is 12.7. The predicted molar refractivity (Wildman–Crippen MR) is 95.4 cm³/mol. The second-order valence-electron chi connectivity index (χ2n) is 6.79. The minimum atomic E-state index is -3.63. The molecule has 23 heavy (non-hydrogen) atoms. The molecule has 2 fully saturated rings. The van der Waals surface area contributed by atoms with Gasteiger partial charge in [0.2, 0.25) is 0 Å². The molecule has 0 amide bonds. The van der Waals surface area contributed by atoms with Crippen molar-refractivity contribution in [1.82, 2.24) is 0 Å². The highest BCUT2D eigenvalue weighted by Crippen LogP contribution is 2.57. The van der Waals surface area contributed by atoms with Crippen molar-refractivity contribution in [3.05, 3.63) is 30.3 Å². The van der Waals surface area contributed by atoms with Gasteiger partial charge in [0.15, 0.2) is 0 Å². The van der Waals surface area contributed by atoms with Crippen molar-refractivity contribution in [2.45, 2.75) is 80.4 Å². The van der Waals surface area contributed by atoms with Gasteiger partial charge in [0.25, 0.3) is 10.1 Å².